The second-order valence-corrected chi connectivity index (χ2v) is 6.64. The van der Waals surface area contributed by atoms with Crippen LogP contribution in [0, 0.1) is 6.92 Å². The van der Waals surface area contributed by atoms with Gasteiger partial charge in [0.1, 0.15) is 5.76 Å². The van der Waals surface area contributed by atoms with E-state index in [9.17, 15) is 9.59 Å². The summed E-state index contributed by atoms with van der Waals surface area (Å²) in [4.78, 5) is 29.8. The van der Waals surface area contributed by atoms with Crippen LogP contribution in [0.1, 0.15) is 39.4 Å². The monoisotopic (exact) mass is 352 g/mol. The quantitative estimate of drug-likeness (QED) is 0.758. The molecule has 0 unspecified atom stereocenters. The first kappa shape index (κ1) is 16.4. The van der Waals surface area contributed by atoms with Gasteiger partial charge in [-0.2, -0.15) is 0 Å². The Hall–Kier alpha value is -3.09. The Labute approximate surface area is 150 Å². The molecule has 0 radical (unpaired) electrons. The molecule has 0 atom stereocenters. The van der Waals surface area contributed by atoms with Crippen LogP contribution in [0.25, 0.3) is 10.9 Å². The van der Waals surface area contributed by atoms with Crippen LogP contribution >= 0.6 is 0 Å². The fraction of sp³-hybridized carbons (Fsp3) is 0.316. The molecule has 2 N–H and O–H groups in total. The second kappa shape index (κ2) is 6.67. The van der Waals surface area contributed by atoms with E-state index in [1.165, 1.54) is 0 Å². The van der Waals surface area contributed by atoms with E-state index in [1.807, 2.05) is 35.4 Å². The summed E-state index contributed by atoms with van der Waals surface area (Å²) in [6.45, 7) is 2.98. The van der Waals surface area contributed by atoms with Gasteiger partial charge in [-0.3, -0.25) is 9.59 Å². The Morgan fingerprint density at radius 3 is 2.77 bits per heavy atom. The molecular weight excluding hydrogens is 332 g/mol. The first-order valence-corrected chi connectivity index (χ1v) is 8.71. The minimum absolute atomic E-state index is 0.0263. The number of aryl methyl sites for hydroxylation is 1. The maximum atomic E-state index is 12.7. The van der Waals surface area contributed by atoms with Gasteiger partial charge >= 0.3 is 0 Å². The third-order valence-corrected chi connectivity index (χ3v) is 4.78. The minimum Gasteiger partial charge on any atom is -0.361 e. The van der Waals surface area contributed by atoms with Crippen LogP contribution in [0.15, 0.2) is 41.1 Å². The zero-order chi connectivity index (χ0) is 18.1. The number of likely N-dealkylation sites (tertiary alicyclic amines) is 1. The summed E-state index contributed by atoms with van der Waals surface area (Å²) in [5, 5.41) is 7.78. The van der Waals surface area contributed by atoms with E-state index >= 15 is 0 Å². The number of benzene rings is 1. The van der Waals surface area contributed by atoms with Crippen molar-refractivity contribution >= 4 is 22.7 Å². The number of piperidine rings is 1. The number of nitrogens with one attached hydrogen (secondary N) is 2. The molecule has 1 saturated heterocycles. The first-order valence-electron chi connectivity index (χ1n) is 8.71. The van der Waals surface area contributed by atoms with Crippen LogP contribution in [-0.2, 0) is 0 Å². The largest absolute Gasteiger partial charge is 0.361 e. The van der Waals surface area contributed by atoms with E-state index in [2.05, 4.69) is 15.5 Å². The molecule has 2 amide bonds. The van der Waals surface area contributed by atoms with Crippen molar-refractivity contribution in [2.45, 2.75) is 25.8 Å². The van der Waals surface area contributed by atoms with Gasteiger partial charge < -0.3 is 19.7 Å². The Balaban J connectivity index is 1.35. The number of aromatic nitrogens is 2. The van der Waals surface area contributed by atoms with Gasteiger partial charge in [-0.25, -0.2) is 0 Å². The second-order valence-electron chi connectivity index (χ2n) is 6.64. The highest BCUT2D eigenvalue weighted by molar-refractivity contribution is 5.98. The molecule has 0 bridgehead atoms. The Bertz CT molecular complexity index is 951. The van der Waals surface area contributed by atoms with Crippen molar-refractivity contribution in [1.82, 2.24) is 20.4 Å². The Morgan fingerprint density at radius 2 is 2.04 bits per heavy atom. The number of aromatic amines is 1. The molecule has 1 aliphatic rings. The average molecular weight is 352 g/mol. The molecular formula is C19H20N4O3. The van der Waals surface area contributed by atoms with Gasteiger partial charge in [0.25, 0.3) is 11.8 Å². The van der Waals surface area contributed by atoms with Crippen molar-refractivity contribution in [2.24, 2.45) is 0 Å². The molecule has 3 aromatic rings. The number of fused-ring (bicyclic) bond motifs is 1. The molecule has 0 saturated carbocycles. The summed E-state index contributed by atoms with van der Waals surface area (Å²) in [5.41, 5.74) is 1.93. The van der Waals surface area contributed by atoms with E-state index in [-0.39, 0.29) is 17.9 Å². The lowest BCUT2D eigenvalue weighted by atomic mass is 10.0. The lowest BCUT2D eigenvalue weighted by molar-refractivity contribution is 0.0697. The molecule has 7 heteroatoms. The van der Waals surface area contributed by atoms with Gasteiger partial charge in [-0.1, -0.05) is 11.2 Å². The van der Waals surface area contributed by atoms with Crippen molar-refractivity contribution in [3.63, 3.8) is 0 Å². The highest BCUT2D eigenvalue weighted by Crippen LogP contribution is 2.18. The zero-order valence-electron chi connectivity index (χ0n) is 14.5. The van der Waals surface area contributed by atoms with Gasteiger partial charge in [0.05, 0.1) is 0 Å². The van der Waals surface area contributed by atoms with Gasteiger partial charge in [0.15, 0.2) is 5.69 Å². The van der Waals surface area contributed by atoms with Gasteiger partial charge in [-0.05, 0) is 43.4 Å². The number of hydrogen-bond acceptors (Lipinski definition) is 4. The third-order valence-electron chi connectivity index (χ3n) is 4.78. The van der Waals surface area contributed by atoms with Crippen LogP contribution in [0.4, 0.5) is 0 Å². The number of carbonyl (C=O) groups excluding carboxylic acids is 2. The number of rotatable bonds is 3. The molecule has 134 valence electrons. The topological polar surface area (TPSA) is 91.2 Å². The van der Waals surface area contributed by atoms with Crippen LogP contribution in [-0.4, -0.2) is 46.0 Å². The van der Waals surface area contributed by atoms with E-state index < -0.39 is 0 Å². The van der Waals surface area contributed by atoms with E-state index in [4.69, 9.17) is 4.52 Å². The van der Waals surface area contributed by atoms with Crippen molar-refractivity contribution in [3.8, 4) is 0 Å². The molecule has 7 nitrogen and oxygen atoms in total. The molecule has 3 heterocycles. The Morgan fingerprint density at radius 1 is 1.23 bits per heavy atom. The normalized spacial score (nSPS) is 15.3. The highest BCUT2D eigenvalue weighted by atomic mass is 16.5. The van der Waals surface area contributed by atoms with Crippen LogP contribution in [0.3, 0.4) is 0 Å². The molecule has 0 spiro atoms. The van der Waals surface area contributed by atoms with Crippen molar-refractivity contribution in [3.05, 3.63) is 53.5 Å². The molecule has 0 aliphatic carbocycles. The molecule has 1 fully saturated rings. The van der Waals surface area contributed by atoms with Gasteiger partial charge in [0.2, 0.25) is 0 Å². The first-order chi connectivity index (χ1) is 12.6. The molecule has 1 aromatic carbocycles. The average Bonchev–Trinajstić information content (AvgIpc) is 3.29. The van der Waals surface area contributed by atoms with Crippen LogP contribution < -0.4 is 5.32 Å². The summed E-state index contributed by atoms with van der Waals surface area (Å²) >= 11 is 0. The Kier molecular flexibility index (Phi) is 4.20. The zero-order valence-corrected chi connectivity index (χ0v) is 14.5. The SMILES string of the molecule is Cc1cc(C(=O)NC2CCN(C(=O)c3ccc4cc[nH]c4c3)CC2)no1. The third kappa shape index (κ3) is 3.20. The van der Waals surface area contributed by atoms with Crippen LogP contribution in [0.2, 0.25) is 0 Å². The van der Waals surface area contributed by atoms with Crippen molar-refractivity contribution in [1.29, 1.82) is 0 Å². The lowest BCUT2D eigenvalue weighted by Crippen LogP contribution is -2.46. The predicted octanol–water partition coefficient (Wildman–Crippen LogP) is 2.50. The number of nitrogens with zero attached hydrogens (tertiary/aromatic N) is 2. The maximum absolute atomic E-state index is 12.7. The van der Waals surface area contributed by atoms with E-state index in [1.54, 1.807) is 13.0 Å². The minimum atomic E-state index is -0.233. The predicted molar refractivity (Wildman–Crippen MR) is 95.9 cm³/mol. The summed E-state index contributed by atoms with van der Waals surface area (Å²) < 4.78 is 4.93. The smallest absolute Gasteiger partial charge is 0.273 e. The van der Waals surface area contributed by atoms with Crippen molar-refractivity contribution in [2.75, 3.05) is 13.1 Å². The molecule has 4 rings (SSSR count). The lowest BCUT2D eigenvalue weighted by Gasteiger charge is -2.32. The molecule has 26 heavy (non-hydrogen) atoms. The highest BCUT2D eigenvalue weighted by Gasteiger charge is 2.25. The van der Waals surface area contributed by atoms with E-state index in [0.29, 0.717) is 30.1 Å². The summed E-state index contributed by atoms with van der Waals surface area (Å²) in [7, 11) is 0. The standard InChI is InChI=1S/C19H20N4O3/c1-12-10-17(22-26-12)18(24)21-15-5-8-23(9-6-15)19(25)14-3-2-13-4-7-20-16(13)11-14/h2-4,7,10-11,15,20H,5-6,8-9H2,1H3,(H,21,24). The fourth-order valence-corrected chi connectivity index (χ4v) is 3.32. The fourth-order valence-electron chi connectivity index (χ4n) is 3.32. The molecule has 2 aromatic heterocycles. The van der Waals surface area contributed by atoms with Gasteiger partial charge in [-0.15, -0.1) is 0 Å². The number of amides is 2. The van der Waals surface area contributed by atoms with Gasteiger partial charge in [0, 0.05) is 42.5 Å². The molecule has 1 aliphatic heterocycles. The summed E-state index contributed by atoms with van der Waals surface area (Å²) in [6.07, 6.45) is 3.31. The number of hydrogen-bond donors (Lipinski definition) is 2. The van der Waals surface area contributed by atoms with Crippen LogP contribution in [0.5, 0.6) is 0 Å². The number of H-pyrrole nitrogens is 1. The van der Waals surface area contributed by atoms with E-state index in [0.717, 1.165) is 23.7 Å². The number of carbonyl (C=O) groups is 2. The maximum Gasteiger partial charge on any atom is 0.273 e. The summed E-state index contributed by atoms with van der Waals surface area (Å²) in [5.74, 6) is 0.400. The summed E-state index contributed by atoms with van der Waals surface area (Å²) in [6, 6.07) is 9.33. The van der Waals surface area contributed by atoms with Crippen molar-refractivity contribution < 1.29 is 14.1 Å².